The fourth-order valence-corrected chi connectivity index (χ4v) is 3.41. The van der Waals surface area contributed by atoms with Gasteiger partial charge in [-0.2, -0.15) is 0 Å². The Bertz CT molecular complexity index is 327. The molecule has 1 atom stereocenters. The number of likely N-dealkylation sites (tertiary alicyclic amines) is 1. The summed E-state index contributed by atoms with van der Waals surface area (Å²) >= 11 is 0. The zero-order valence-corrected chi connectivity index (χ0v) is 17.7. The van der Waals surface area contributed by atoms with Crippen LogP contribution in [0, 0.1) is 0 Å². The van der Waals surface area contributed by atoms with E-state index in [0.29, 0.717) is 6.10 Å². The molecule has 0 aromatic rings. The number of hydrogen-bond donors (Lipinski definition) is 2. The van der Waals surface area contributed by atoms with E-state index in [2.05, 4.69) is 22.5 Å². The number of guanidine groups is 1. The molecule has 0 saturated carbocycles. The van der Waals surface area contributed by atoms with Gasteiger partial charge in [-0.1, -0.05) is 12.8 Å². The first kappa shape index (κ1) is 22.0. The second-order valence-corrected chi connectivity index (χ2v) is 6.72. The molecule has 24 heavy (non-hydrogen) atoms. The van der Waals surface area contributed by atoms with Gasteiger partial charge in [-0.3, -0.25) is 4.99 Å². The summed E-state index contributed by atoms with van der Waals surface area (Å²) in [4.78, 5) is 7.32. The van der Waals surface area contributed by atoms with Crippen molar-refractivity contribution >= 4 is 29.9 Å². The maximum Gasteiger partial charge on any atom is 0.191 e. The molecule has 0 aliphatic carbocycles. The Morgan fingerprint density at radius 3 is 2.58 bits per heavy atom. The van der Waals surface area contributed by atoms with Crippen molar-refractivity contribution in [3.05, 3.63) is 0 Å². The molecule has 5 nitrogen and oxygen atoms in total. The lowest BCUT2D eigenvalue weighted by Crippen LogP contribution is -2.38. The summed E-state index contributed by atoms with van der Waals surface area (Å²) in [6, 6.07) is 0. The van der Waals surface area contributed by atoms with Gasteiger partial charge in [0.1, 0.15) is 0 Å². The van der Waals surface area contributed by atoms with Gasteiger partial charge in [-0.25, -0.2) is 0 Å². The van der Waals surface area contributed by atoms with Crippen molar-refractivity contribution in [3.63, 3.8) is 0 Å². The van der Waals surface area contributed by atoms with Gasteiger partial charge in [-0.15, -0.1) is 24.0 Å². The molecule has 2 rings (SSSR count). The second kappa shape index (κ2) is 14.1. The third-order valence-corrected chi connectivity index (χ3v) is 4.73. The molecule has 0 bridgehead atoms. The molecule has 0 radical (unpaired) electrons. The number of halogens is 1. The molecule has 2 fully saturated rings. The molecular formula is C18H37IN4O. The highest BCUT2D eigenvalue weighted by molar-refractivity contribution is 14.0. The summed E-state index contributed by atoms with van der Waals surface area (Å²) in [5.41, 5.74) is 0. The van der Waals surface area contributed by atoms with Crippen molar-refractivity contribution < 1.29 is 4.74 Å². The number of ether oxygens (including phenoxy) is 1. The van der Waals surface area contributed by atoms with Crippen LogP contribution < -0.4 is 10.6 Å². The smallest absolute Gasteiger partial charge is 0.191 e. The number of nitrogens with one attached hydrogen (secondary N) is 2. The average Bonchev–Trinajstić information content (AvgIpc) is 2.94. The molecular weight excluding hydrogens is 415 g/mol. The van der Waals surface area contributed by atoms with E-state index in [1.807, 2.05) is 0 Å². The maximum absolute atomic E-state index is 5.66. The fourth-order valence-electron chi connectivity index (χ4n) is 3.41. The van der Waals surface area contributed by atoms with Crippen LogP contribution in [-0.4, -0.2) is 62.8 Å². The van der Waals surface area contributed by atoms with Gasteiger partial charge in [0.15, 0.2) is 5.96 Å². The second-order valence-electron chi connectivity index (χ2n) is 6.72. The zero-order chi connectivity index (χ0) is 16.2. The first-order valence-corrected chi connectivity index (χ1v) is 9.74. The third-order valence-electron chi connectivity index (χ3n) is 4.73. The van der Waals surface area contributed by atoms with E-state index in [1.54, 1.807) is 0 Å². The van der Waals surface area contributed by atoms with E-state index in [-0.39, 0.29) is 24.0 Å². The molecule has 2 saturated heterocycles. The van der Waals surface area contributed by atoms with Crippen LogP contribution in [0.2, 0.25) is 0 Å². The monoisotopic (exact) mass is 452 g/mol. The highest BCUT2D eigenvalue weighted by atomic mass is 127. The van der Waals surface area contributed by atoms with E-state index in [0.717, 1.165) is 45.0 Å². The van der Waals surface area contributed by atoms with Crippen molar-refractivity contribution in [2.75, 3.05) is 45.9 Å². The molecule has 2 heterocycles. The van der Waals surface area contributed by atoms with Crippen LogP contribution in [0.4, 0.5) is 0 Å². The summed E-state index contributed by atoms with van der Waals surface area (Å²) in [6.45, 7) is 9.59. The molecule has 0 spiro atoms. The van der Waals surface area contributed by atoms with Crippen LogP contribution >= 0.6 is 24.0 Å². The summed E-state index contributed by atoms with van der Waals surface area (Å²) in [7, 11) is 0. The number of aliphatic imine (C=N–C) groups is 1. The zero-order valence-electron chi connectivity index (χ0n) is 15.4. The van der Waals surface area contributed by atoms with Crippen LogP contribution in [0.1, 0.15) is 58.3 Å². The van der Waals surface area contributed by atoms with Crippen molar-refractivity contribution in [1.82, 2.24) is 15.5 Å². The van der Waals surface area contributed by atoms with Gasteiger partial charge in [0.25, 0.3) is 0 Å². The minimum Gasteiger partial charge on any atom is -0.378 e. The van der Waals surface area contributed by atoms with Crippen LogP contribution in [-0.2, 0) is 4.74 Å². The molecule has 2 N–H and O–H groups in total. The molecule has 1 unspecified atom stereocenters. The largest absolute Gasteiger partial charge is 0.378 e. The Morgan fingerprint density at radius 1 is 1.12 bits per heavy atom. The fraction of sp³-hybridized carbons (Fsp3) is 0.944. The van der Waals surface area contributed by atoms with Crippen molar-refractivity contribution in [3.8, 4) is 0 Å². The summed E-state index contributed by atoms with van der Waals surface area (Å²) in [5, 5.41) is 6.78. The SMILES string of the molecule is CCNC(=NCCCN1CCCCCC1)NCCC1CCCO1.I. The lowest BCUT2D eigenvalue weighted by Gasteiger charge is -2.19. The Hall–Kier alpha value is -0.0800. The Labute approximate surface area is 165 Å². The standard InChI is InChI=1S/C18H36N4O.HI/c1-2-19-18(21-12-10-17-9-7-16-23-17)20-11-8-15-22-13-5-3-4-6-14-22;/h17H,2-16H2,1H3,(H2,19,20,21);1H. The van der Waals surface area contributed by atoms with E-state index in [1.165, 1.54) is 58.2 Å². The van der Waals surface area contributed by atoms with Gasteiger partial charge in [0, 0.05) is 26.2 Å². The normalized spacial score (nSPS) is 22.7. The quantitative estimate of drug-likeness (QED) is 0.257. The van der Waals surface area contributed by atoms with Crippen molar-refractivity contribution in [2.24, 2.45) is 4.99 Å². The molecule has 2 aliphatic heterocycles. The predicted octanol–water partition coefficient (Wildman–Crippen LogP) is 2.99. The number of rotatable bonds is 8. The molecule has 0 amide bonds. The van der Waals surface area contributed by atoms with Crippen LogP contribution in [0.3, 0.4) is 0 Å². The average molecular weight is 452 g/mol. The van der Waals surface area contributed by atoms with Crippen LogP contribution in [0.15, 0.2) is 4.99 Å². The first-order valence-electron chi connectivity index (χ1n) is 9.74. The molecule has 0 aromatic heterocycles. The van der Waals surface area contributed by atoms with Gasteiger partial charge in [0.2, 0.25) is 0 Å². The lowest BCUT2D eigenvalue weighted by molar-refractivity contribution is 0.105. The first-order chi connectivity index (χ1) is 11.4. The van der Waals surface area contributed by atoms with Crippen LogP contribution in [0.25, 0.3) is 0 Å². The summed E-state index contributed by atoms with van der Waals surface area (Å²) in [6.07, 6.45) is 10.7. The van der Waals surface area contributed by atoms with Gasteiger partial charge in [-0.05, 0) is 65.1 Å². The Kier molecular flexibility index (Phi) is 12.9. The van der Waals surface area contributed by atoms with Gasteiger partial charge in [0.05, 0.1) is 6.10 Å². The van der Waals surface area contributed by atoms with E-state index in [4.69, 9.17) is 9.73 Å². The minimum absolute atomic E-state index is 0. The Balaban J connectivity index is 0.00000288. The highest BCUT2D eigenvalue weighted by Gasteiger charge is 2.14. The molecule has 142 valence electrons. The predicted molar refractivity (Wildman–Crippen MR) is 113 cm³/mol. The summed E-state index contributed by atoms with van der Waals surface area (Å²) in [5.74, 6) is 0.960. The van der Waals surface area contributed by atoms with E-state index in [9.17, 15) is 0 Å². The van der Waals surface area contributed by atoms with E-state index >= 15 is 0 Å². The topological polar surface area (TPSA) is 48.9 Å². The Morgan fingerprint density at radius 2 is 1.92 bits per heavy atom. The summed E-state index contributed by atoms with van der Waals surface area (Å²) < 4.78 is 5.66. The van der Waals surface area contributed by atoms with Crippen molar-refractivity contribution in [1.29, 1.82) is 0 Å². The molecule has 0 aromatic carbocycles. The third kappa shape index (κ3) is 9.42. The van der Waals surface area contributed by atoms with Crippen molar-refractivity contribution in [2.45, 2.75) is 64.4 Å². The van der Waals surface area contributed by atoms with Gasteiger partial charge < -0.3 is 20.3 Å². The molecule has 2 aliphatic rings. The maximum atomic E-state index is 5.66. The molecule has 6 heteroatoms. The number of hydrogen-bond acceptors (Lipinski definition) is 3. The van der Waals surface area contributed by atoms with Crippen LogP contribution in [0.5, 0.6) is 0 Å². The minimum atomic E-state index is 0. The lowest BCUT2D eigenvalue weighted by atomic mass is 10.2. The van der Waals surface area contributed by atoms with Gasteiger partial charge >= 0.3 is 0 Å². The van der Waals surface area contributed by atoms with E-state index < -0.39 is 0 Å². The highest BCUT2D eigenvalue weighted by Crippen LogP contribution is 2.14. The number of nitrogens with zero attached hydrogens (tertiary/aromatic N) is 2.